The van der Waals surface area contributed by atoms with Gasteiger partial charge in [-0.15, -0.1) is 11.3 Å². The molecule has 0 atom stereocenters. The number of thiocarbonyl (C=S) groups is 1. The molecule has 0 fully saturated rings. The Balaban J connectivity index is 1.30. The van der Waals surface area contributed by atoms with Gasteiger partial charge in [0.1, 0.15) is 17.0 Å². The molecule has 1 aliphatic carbocycles. The summed E-state index contributed by atoms with van der Waals surface area (Å²) in [6.07, 6.45) is 6.44. The van der Waals surface area contributed by atoms with Crippen molar-refractivity contribution in [1.29, 1.82) is 0 Å². The van der Waals surface area contributed by atoms with Crippen LogP contribution in [0.3, 0.4) is 0 Å². The molecule has 0 saturated carbocycles. The van der Waals surface area contributed by atoms with Crippen molar-refractivity contribution in [1.82, 2.24) is 9.97 Å². The third kappa shape index (κ3) is 4.38. The molecule has 5 nitrogen and oxygen atoms in total. The highest BCUT2D eigenvalue weighted by atomic mass is 32.1. The molecule has 2 heterocycles. The highest BCUT2D eigenvalue weighted by Gasteiger charge is 2.19. The van der Waals surface area contributed by atoms with Gasteiger partial charge in [0.25, 0.3) is 0 Å². The molecule has 31 heavy (non-hydrogen) atoms. The number of hydrogen-bond donors (Lipinski definition) is 3. The molecule has 3 N–H and O–H groups in total. The van der Waals surface area contributed by atoms with Crippen LogP contribution >= 0.6 is 23.6 Å². The summed E-state index contributed by atoms with van der Waals surface area (Å²) in [6.45, 7) is 2.06. The maximum Gasteiger partial charge on any atom is 0.175 e. The Morgan fingerprint density at radius 2 is 1.71 bits per heavy atom. The number of aromatic nitrogens is 2. The van der Waals surface area contributed by atoms with Gasteiger partial charge in [0, 0.05) is 21.9 Å². The first-order chi connectivity index (χ1) is 15.2. The van der Waals surface area contributed by atoms with E-state index in [4.69, 9.17) is 12.2 Å². The summed E-state index contributed by atoms with van der Waals surface area (Å²) in [5.74, 6) is 0.891. The Morgan fingerprint density at radius 3 is 2.55 bits per heavy atom. The van der Waals surface area contributed by atoms with Crippen LogP contribution in [0.4, 0.5) is 22.9 Å². The van der Waals surface area contributed by atoms with Gasteiger partial charge >= 0.3 is 0 Å². The maximum atomic E-state index is 5.45. The van der Waals surface area contributed by atoms with Gasteiger partial charge in [0.15, 0.2) is 5.11 Å². The number of anilines is 4. The zero-order valence-corrected chi connectivity index (χ0v) is 18.9. The second-order valence-electron chi connectivity index (χ2n) is 7.76. The van der Waals surface area contributed by atoms with Crippen LogP contribution in [0.5, 0.6) is 0 Å². The van der Waals surface area contributed by atoms with Gasteiger partial charge in [-0.05, 0) is 92.4 Å². The molecule has 0 amide bonds. The first kappa shape index (κ1) is 19.9. The molecule has 0 unspecified atom stereocenters. The molecular weight excluding hydrogens is 422 g/mol. The van der Waals surface area contributed by atoms with Crippen LogP contribution in [0.2, 0.25) is 0 Å². The van der Waals surface area contributed by atoms with Crippen LogP contribution in [0.1, 0.15) is 28.8 Å². The lowest BCUT2D eigenvalue weighted by molar-refractivity contribution is 0.700. The van der Waals surface area contributed by atoms with Crippen LogP contribution in [0.25, 0.3) is 10.2 Å². The predicted octanol–water partition coefficient (Wildman–Crippen LogP) is 6.43. The van der Waals surface area contributed by atoms with Crippen molar-refractivity contribution in [2.45, 2.75) is 32.6 Å². The number of hydrogen-bond acceptors (Lipinski definition) is 5. The third-order valence-electron chi connectivity index (χ3n) is 5.43. The first-order valence-corrected chi connectivity index (χ1v) is 11.7. The van der Waals surface area contributed by atoms with Crippen molar-refractivity contribution >= 4 is 61.8 Å². The Kier molecular flexibility index (Phi) is 5.53. The molecule has 0 bridgehead atoms. The van der Waals surface area contributed by atoms with Crippen molar-refractivity contribution in [3.8, 4) is 0 Å². The summed E-state index contributed by atoms with van der Waals surface area (Å²) in [7, 11) is 0. The highest BCUT2D eigenvalue weighted by molar-refractivity contribution is 7.80. The van der Waals surface area contributed by atoms with E-state index in [1.54, 1.807) is 6.33 Å². The zero-order valence-electron chi connectivity index (χ0n) is 17.2. The van der Waals surface area contributed by atoms with E-state index >= 15 is 0 Å². The molecular formula is C24H23N5S2. The van der Waals surface area contributed by atoms with Gasteiger partial charge in [0.2, 0.25) is 0 Å². The number of benzene rings is 2. The lowest BCUT2D eigenvalue weighted by Gasteiger charge is -2.13. The minimum absolute atomic E-state index is 0.564. The van der Waals surface area contributed by atoms with Crippen LogP contribution in [-0.2, 0) is 12.8 Å². The van der Waals surface area contributed by atoms with E-state index in [0.717, 1.165) is 40.6 Å². The van der Waals surface area contributed by atoms with Gasteiger partial charge < -0.3 is 16.0 Å². The van der Waals surface area contributed by atoms with Gasteiger partial charge in [-0.1, -0.05) is 12.1 Å². The van der Waals surface area contributed by atoms with Gasteiger partial charge in [-0.3, -0.25) is 0 Å². The Morgan fingerprint density at radius 1 is 0.935 bits per heavy atom. The van der Waals surface area contributed by atoms with E-state index in [0.29, 0.717) is 5.11 Å². The van der Waals surface area contributed by atoms with Crippen LogP contribution < -0.4 is 16.0 Å². The van der Waals surface area contributed by atoms with Gasteiger partial charge in [-0.25, -0.2) is 9.97 Å². The fourth-order valence-corrected chi connectivity index (χ4v) is 5.44. The van der Waals surface area contributed by atoms with Crippen molar-refractivity contribution in [3.63, 3.8) is 0 Å². The topological polar surface area (TPSA) is 61.9 Å². The SMILES string of the molecule is Cc1cccc(NC(=S)Nc2ccc(Nc3ncnc4sc5c(c34)CCCC5)cc2)c1. The summed E-state index contributed by atoms with van der Waals surface area (Å²) in [5, 5.41) is 11.7. The molecule has 2 aromatic heterocycles. The van der Waals surface area contributed by atoms with E-state index in [9.17, 15) is 0 Å². The lowest BCUT2D eigenvalue weighted by atomic mass is 9.97. The molecule has 5 rings (SSSR count). The van der Waals surface area contributed by atoms with Gasteiger partial charge in [-0.2, -0.15) is 0 Å². The molecule has 156 valence electrons. The summed E-state index contributed by atoms with van der Waals surface area (Å²) in [5.41, 5.74) is 5.51. The molecule has 2 aromatic carbocycles. The molecule has 0 saturated heterocycles. The van der Waals surface area contributed by atoms with Gasteiger partial charge in [0.05, 0.1) is 5.39 Å². The van der Waals surface area contributed by atoms with E-state index in [1.807, 2.05) is 47.7 Å². The van der Waals surface area contributed by atoms with Crippen molar-refractivity contribution in [3.05, 3.63) is 70.9 Å². The molecule has 1 aliphatic rings. The Hall–Kier alpha value is -3.03. The fourth-order valence-electron chi connectivity index (χ4n) is 3.97. The standard InChI is InChI=1S/C24H23N5S2/c1-15-5-4-6-18(13-15)29-24(30)28-17-11-9-16(10-12-17)27-22-21-19-7-2-3-8-20(19)31-23(21)26-14-25-22/h4-6,9-14H,2-3,7-8H2,1H3,(H,25,26,27)(H2,28,29,30). The summed E-state index contributed by atoms with van der Waals surface area (Å²) in [4.78, 5) is 11.6. The largest absolute Gasteiger partial charge is 0.340 e. The quantitative estimate of drug-likeness (QED) is 0.315. The normalized spacial score (nSPS) is 12.9. The minimum Gasteiger partial charge on any atom is -0.340 e. The van der Waals surface area contributed by atoms with Crippen LogP contribution in [0.15, 0.2) is 54.9 Å². The molecule has 7 heteroatoms. The van der Waals surface area contributed by atoms with Crippen LogP contribution in [-0.4, -0.2) is 15.1 Å². The minimum atomic E-state index is 0.564. The third-order valence-corrected chi connectivity index (χ3v) is 6.84. The van der Waals surface area contributed by atoms with Crippen molar-refractivity contribution in [2.24, 2.45) is 0 Å². The van der Waals surface area contributed by atoms with E-state index in [2.05, 4.69) is 45.0 Å². The second-order valence-corrected chi connectivity index (χ2v) is 9.26. The first-order valence-electron chi connectivity index (χ1n) is 10.4. The number of thiophene rings is 1. The number of nitrogens with zero attached hydrogens (tertiary/aromatic N) is 2. The second kappa shape index (κ2) is 8.61. The smallest absolute Gasteiger partial charge is 0.175 e. The summed E-state index contributed by atoms with van der Waals surface area (Å²) in [6, 6.07) is 16.2. The molecule has 0 spiro atoms. The monoisotopic (exact) mass is 445 g/mol. The predicted molar refractivity (Wildman–Crippen MR) is 135 cm³/mol. The molecule has 0 aliphatic heterocycles. The molecule has 4 aromatic rings. The average molecular weight is 446 g/mol. The van der Waals surface area contributed by atoms with Crippen LogP contribution in [0, 0.1) is 6.92 Å². The summed E-state index contributed by atoms with van der Waals surface area (Å²) >= 11 is 7.26. The molecule has 0 radical (unpaired) electrons. The number of rotatable bonds is 4. The average Bonchev–Trinajstić information content (AvgIpc) is 3.15. The fraction of sp³-hybridized carbons (Fsp3) is 0.208. The number of nitrogens with one attached hydrogen (secondary N) is 3. The lowest BCUT2D eigenvalue weighted by Crippen LogP contribution is -2.19. The number of fused-ring (bicyclic) bond motifs is 3. The highest BCUT2D eigenvalue weighted by Crippen LogP contribution is 2.38. The Labute approximate surface area is 190 Å². The Bertz CT molecular complexity index is 1250. The van der Waals surface area contributed by atoms with Crippen molar-refractivity contribution in [2.75, 3.05) is 16.0 Å². The summed E-state index contributed by atoms with van der Waals surface area (Å²) < 4.78 is 0. The van der Waals surface area contributed by atoms with Crippen molar-refractivity contribution < 1.29 is 0 Å². The van der Waals surface area contributed by atoms with E-state index in [-0.39, 0.29) is 0 Å². The zero-order chi connectivity index (χ0) is 21.2. The maximum absolute atomic E-state index is 5.45. The van der Waals surface area contributed by atoms with E-state index in [1.165, 1.54) is 34.2 Å². The van der Waals surface area contributed by atoms with E-state index < -0.39 is 0 Å². The number of aryl methyl sites for hydroxylation is 3.